The molecule has 1 aliphatic rings. The summed E-state index contributed by atoms with van der Waals surface area (Å²) >= 11 is 0. The summed E-state index contributed by atoms with van der Waals surface area (Å²) in [5.41, 5.74) is 1.85. The molecule has 0 radical (unpaired) electrons. The summed E-state index contributed by atoms with van der Waals surface area (Å²) in [5.74, 6) is -1.29. The van der Waals surface area contributed by atoms with Crippen molar-refractivity contribution in [1.29, 1.82) is 0 Å². The number of ether oxygens (including phenoxy) is 1. The summed E-state index contributed by atoms with van der Waals surface area (Å²) < 4.78 is 43.0. The van der Waals surface area contributed by atoms with E-state index >= 15 is 0 Å². The SMILES string of the molecule is O=C(Nc1c[nH]c2cccnc12)OC1CCC(C(F)(F)F)CC1. The van der Waals surface area contributed by atoms with Crippen molar-refractivity contribution in [2.75, 3.05) is 5.32 Å². The van der Waals surface area contributed by atoms with Gasteiger partial charge in [0.15, 0.2) is 0 Å². The number of amides is 1. The van der Waals surface area contributed by atoms with Crippen LogP contribution in [0.15, 0.2) is 24.5 Å². The number of nitrogens with zero attached hydrogens (tertiary/aromatic N) is 1. The van der Waals surface area contributed by atoms with Gasteiger partial charge in [0, 0.05) is 12.4 Å². The molecular weight excluding hydrogens is 311 g/mol. The third-order valence-corrected chi connectivity index (χ3v) is 4.08. The maximum atomic E-state index is 12.6. The van der Waals surface area contributed by atoms with Gasteiger partial charge in [0.25, 0.3) is 0 Å². The van der Waals surface area contributed by atoms with Crippen LogP contribution in [0.3, 0.4) is 0 Å². The average molecular weight is 327 g/mol. The van der Waals surface area contributed by atoms with Gasteiger partial charge in [0.1, 0.15) is 11.6 Å². The summed E-state index contributed by atoms with van der Waals surface area (Å²) in [4.78, 5) is 19.0. The summed E-state index contributed by atoms with van der Waals surface area (Å²) in [5, 5.41) is 2.58. The summed E-state index contributed by atoms with van der Waals surface area (Å²) in [7, 11) is 0. The number of H-pyrrole nitrogens is 1. The highest BCUT2D eigenvalue weighted by atomic mass is 19.4. The highest BCUT2D eigenvalue weighted by molar-refractivity contribution is 5.97. The van der Waals surface area contributed by atoms with Crippen LogP contribution in [-0.4, -0.2) is 28.3 Å². The molecule has 0 saturated heterocycles. The number of carbonyl (C=O) groups excluding carboxylic acids is 1. The van der Waals surface area contributed by atoms with Gasteiger partial charge >= 0.3 is 12.3 Å². The van der Waals surface area contributed by atoms with Gasteiger partial charge in [0.2, 0.25) is 0 Å². The molecule has 1 saturated carbocycles. The van der Waals surface area contributed by atoms with Crippen LogP contribution in [0, 0.1) is 5.92 Å². The second-order valence-corrected chi connectivity index (χ2v) is 5.65. The lowest BCUT2D eigenvalue weighted by molar-refractivity contribution is -0.185. The summed E-state index contributed by atoms with van der Waals surface area (Å²) in [6, 6.07) is 3.58. The Morgan fingerprint density at radius 1 is 1.30 bits per heavy atom. The summed E-state index contributed by atoms with van der Waals surface area (Å²) in [6.07, 6.45) is -1.67. The van der Waals surface area contributed by atoms with Crippen LogP contribution >= 0.6 is 0 Å². The van der Waals surface area contributed by atoms with E-state index in [0.717, 1.165) is 5.52 Å². The number of anilines is 1. The van der Waals surface area contributed by atoms with Gasteiger partial charge in [-0.25, -0.2) is 4.79 Å². The van der Waals surface area contributed by atoms with Crippen molar-refractivity contribution in [3.8, 4) is 0 Å². The van der Waals surface area contributed by atoms with Crippen LogP contribution in [0.2, 0.25) is 0 Å². The van der Waals surface area contributed by atoms with E-state index in [2.05, 4.69) is 15.3 Å². The molecule has 8 heteroatoms. The minimum atomic E-state index is -4.16. The van der Waals surface area contributed by atoms with E-state index in [1.165, 1.54) is 0 Å². The second-order valence-electron chi connectivity index (χ2n) is 5.65. The van der Waals surface area contributed by atoms with Crippen LogP contribution in [0.1, 0.15) is 25.7 Å². The maximum absolute atomic E-state index is 12.6. The first-order chi connectivity index (χ1) is 10.9. The Kier molecular flexibility index (Phi) is 4.14. The molecule has 5 nitrogen and oxygen atoms in total. The Bertz CT molecular complexity index is 691. The van der Waals surface area contributed by atoms with Crippen molar-refractivity contribution in [3.05, 3.63) is 24.5 Å². The molecule has 3 rings (SSSR count). The maximum Gasteiger partial charge on any atom is 0.412 e. The van der Waals surface area contributed by atoms with Gasteiger partial charge in [-0.05, 0) is 37.8 Å². The molecule has 0 unspecified atom stereocenters. The van der Waals surface area contributed by atoms with Crippen LogP contribution in [0.5, 0.6) is 0 Å². The molecule has 2 N–H and O–H groups in total. The number of halogens is 3. The molecule has 2 heterocycles. The molecule has 0 aliphatic heterocycles. The number of nitrogens with one attached hydrogen (secondary N) is 2. The van der Waals surface area contributed by atoms with E-state index in [1.807, 2.05) is 6.07 Å². The van der Waals surface area contributed by atoms with E-state index < -0.39 is 24.3 Å². The first-order valence-corrected chi connectivity index (χ1v) is 7.40. The topological polar surface area (TPSA) is 67.0 Å². The van der Waals surface area contributed by atoms with Crippen LogP contribution in [0.4, 0.5) is 23.7 Å². The fraction of sp³-hybridized carbons (Fsp3) is 0.467. The first-order valence-electron chi connectivity index (χ1n) is 7.40. The fourth-order valence-corrected chi connectivity index (χ4v) is 2.85. The molecule has 2 aromatic heterocycles. The Labute approximate surface area is 130 Å². The highest BCUT2D eigenvalue weighted by Crippen LogP contribution is 2.38. The largest absolute Gasteiger partial charge is 0.446 e. The van der Waals surface area contributed by atoms with Gasteiger partial charge in [-0.15, -0.1) is 0 Å². The lowest BCUT2D eigenvalue weighted by Gasteiger charge is -2.29. The van der Waals surface area contributed by atoms with Crippen LogP contribution in [-0.2, 0) is 4.74 Å². The number of pyridine rings is 1. The predicted molar refractivity (Wildman–Crippen MR) is 78.0 cm³/mol. The number of hydrogen-bond acceptors (Lipinski definition) is 3. The van der Waals surface area contributed by atoms with E-state index in [0.29, 0.717) is 11.2 Å². The Balaban J connectivity index is 1.54. The molecule has 1 amide bonds. The van der Waals surface area contributed by atoms with E-state index in [4.69, 9.17) is 4.74 Å². The van der Waals surface area contributed by atoms with E-state index in [9.17, 15) is 18.0 Å². The smallest absolute Gasteiger partial charge is 0.412 e. The van der Waals surface area contributed by atoms with Gasteiger partial charge in [0.05, 0.1) is 17.1 Å². The van der Waals surface area contributed by atoms with Crippen molar-refractivity contribution in [2.24, 2.45) is 5.92 Å². The van der Waals surface area contributed by atoms with Crippen molar-refractivity contribution in [2.45, 2.75) is 38.0 Å². The second kappa shape index (κ2) is 6.10. The Morgan fingerprint density at radius 2 is 2.04 bits per heavy atom. The first kappa shape index (κ1) is 15.6. The molecule has 1 aliphatic carbocycles. The van der Waals surface area contributed by atoms with E-state index in [-0.39, 0.29) is 25.7 Å². The lowest BCUT2D eigenvalue weighted by atomic mass is 9.87. The number of alkyl halides is 3. The fourth-order valence-electron chi connectivity index (χ4n) is 2.85. The van der Waals surface area contributed by atoms with Crippen molar-refractivity contribution < 1.29 is 22.7 Å². The molecule has 0 spiro atoms. The van der Waals surface area contributed by atoms with Gasteiger partial charge in [-0.3, -0.25) is 10.3 Å². The van der Waals surface area contributed by atoms with Crippen LogP contribution in [0.25, 0.3) is 11.0 Å². The molecular formula is C15H16F3N3O2. The summed E-state index contributed by atoms with van der Waals surface area (Å²) in [6.45, 7) is 0. The molecule has 124 valence electrons. The molecule has 0 atom stereocenters. The minimum Gasteiger partial charge on any atom is -0.446 e. The normalized spacial score (nSPS) is 22.0. The third-order valence-electron chi connectivity index (χ3n) is 4.08. The zero-order valence-corrected chi connectivity index (χ0v) is 12.2. The van der Waals surface area contributed by atoms with Gasteiger partial charge in [-0.1, -0.05) is 0 Å². The van der Waals surface area contributed by atoms with Crippen molar-refractivity contribution in [1.82, 2.24) is 9.97 Å². The number of aromatic amines is 1. The van der Waals surface area contributed by atoms with E-state index in [1.54, 1.807) is 18.5 Å². The molecule has 23 heavy (non-hydrogen) atoms. The van der Waals surface area contributed by atoms with Crippen LogP contribution < -0.4 is 5.32 Å². The number of rotatable bonds is 2. The monoisotopic (exact) mass is 327 g/mol. The average Bonchev–Trinajstić information content (AvgIpc) is 2.90. The standard InChI is InChI=1S/C15H16F3N3O2/c16-15(17,18)9-3-5-10(6-4-9)23-14(22)21-12-8-20-11-2-1-7-19-13(11)12/h1-2,7-10,20H,3-6H2,(H,21,22). The predicted octanol–water partition coefficient (Wildman–Crippen LogP) is 4.23. The number of hydrogen-bond donors (Lipinski definition) is 2. The zero-order chi connectivity index (χ0) is 16.4. The third kappa shape index (κ3) is 3.57. The zero-order valence-electron chi connectivity index (χ0n) is 12.2. The molecule has 0 aromatic carbocycles. The lowest BCUT2D eigenvalue weighted by Crippen LogP contribution is -2.32. The highest BCUT2D eigenvalue weighted by Gasteiger charge is 2.42. The Hall–Kier alpha value is -2.25. The molecule has 0 bridgehead atoms. The molecule has 1 fully saturated rings. The molecule has 2 aromatic rings. The van der Waals surface area contributed by atoms with Crippen molar-refractivity contribution in [3.63, 3.8) is 0 Å². The quantitative estimate of drug-likeness (QED) is 0.867. The minimum absolute atomic E-state index is 0.00388. The number of carbonyl (C=O) groups is 1. The van der Waals surface area contributed by atoms with Crippen molar-refractivity contribution >= 4 is 22.8 Å². The van der Waals surface area contributed by atoms with Gasteiger partial charge < -0.3 is 9.72 Å². The number of aromatic nitrogens is 2. The Morgan fingerprint density at radius 3 is 2.74 bits per heavy atom. The van der Waals surface area contributed by atoms with Gasteiger partial charge in [-0.2, -0.15) is 13.2 Å². The number of fused-ring (bicyclic) bond motifs is 1.